The Morgan fingerprint density at radius 2 is 1.12 bits per heavy atom. The molecule has 0 radical (unpaired) electrons. The third-order valence-electron chi connectivity index (χ3n) is 2.81. The minimum atomic E-state index is -1.26. The smallest absolute Gasteiger partial charge is 0.183 e. The second kappa shape index (κ2) is 11.6. The van der Waals surface area contributed by atoms with Crippen LogP contribution < -0.4 is 0 Å². The molecule has 0 spiro atoms. The average Bonchev–Trinajstić information content (AvgIpc) is 2.24. The highest BCUT2D eigenvalue weighted by Gasteiger charge is 2.12. The topological polar surface area (TPSA) is 9.23 Å². The van der Waals surface area contributed by atoms with Crippen molar-refractivity contribution in [1.29, 1.82) is 0 Å². The zero-order valence-corrected chi connectivity index (χ0v) is 13.8. The normalized spacial score (nSPS) is 12.0. The molecule has 0 rings (SSSR count). The van der Waals surface area contributed by atoms with Gasteiger partial charge in [-0.1, -0.05) is 44.9 Å². The fraction of sp³-hybridized carbons (Fsp3) is 1.00. The Morgan fingerprint density at radius 1 is 0.706 bits per heavy atom. The van der Waals surface area contributed by atoms with E-state index in [1.165, 1.54) is 57.8 Å². The Kier molecular flexibility index (Phi) is 11.9. The molecule has 0 aromatic carbocycles. The van der Waals surface area contributed by atoms with Crippen LogP contribution in [0.3, 0.4) is 0 Å². The summed E-state index contributed by atoms with van der Waals surface area (Å²) >= 11 is 5.64. The van der Waals surface area contributed by atoms with Crippen molar-refractivity contribution in [3.8, 4) is 0 Å². The van der Waals surface area contributed by atoms with Crippen LogP contribution >= 0.6 is 11.6 Å². The second-order valence-electron chi connectivity index (χ2n) is 5.83. The van der Waals surface area contributed by atoms with Gasteiger partial charge >= 0.3 is 0 Å². The molecule has 0 aliphatic rings. The first-order chi connectivity index (χ1) is 8.06. The molecule has 17 heavy (non-hydrogen) atoms. The van der Waals surface area contributed by atoms with Gasteiger partial charge in [-0.25, -0.2) is 0 Å². The Bertz CT molecular complexity index is 157. The Hall–Kier alpha value is 0.467. The van der Waals surface area contributed by atoms with E-state index in [0.717, 1.165) is 12.5 Å². The van der Waals surface area contributed by atoms with Gasteiger partial charge in [-0.3, -0.25) is 0 Å². The molecule has 0 aliphatic heterocycles. The zero-order chi connectivity index (χ0) is 13.0. The summed E-state index contributed by atoms with van der Waals surface area (Å²) in [5, 5.41) is 0. The third-order valence-corrected chi connectivity index (χ3v) is 4.15. The van der Waals surface area contributed by atoms with Crippen LogP contribution in [0.5, 0.6) is 0 Å². The lowest BCUT2D eigenvalue weighted by molar-refractivity contribution is 0.298. The molecule has 0 saturated heterocycles. The largest absolute Gasteiger partial charge is 0.418 e. The average molecular weight is 279 g/mol. The van der Waals surface area contributed by atoms with Gasteiger partial charge in [0.25, 0.3) is 0 Å². The first-order valence-electron chi connectivity index (χ1n) is 7.26. The quantitative estimate of drug-likeness (QED) is 0.257. The number of hydrogen-bond donors (Lipinski definition) is 0. The predicted molar refractivity (Wildman–Crippen MR) is 81.6 cm³/mol. The van der Waals surface area contributed by atoms with E-state index in [2.05, 4.69) is 19.6 Å². The number of halogens is 1. The molecule has 1 nitrogen and oxygen atoms in total. The van der Waals surface area contributed by atoms with Gasteiger partial charge in [-0.2, -0.15) is 0 Å². The molecule has 0 amide bonds. The lowest BCUT2D eigenvalue weighted by atomic mass is 10.1. The number of unbranched alkanes of at least 4 members (excludes halogenated alkanes) is 8. The van der Waals surface area contributed by atoms with Gasteiger partial charge in [0.15, 0.2) is 8.32 Å². The standard InChI is InChI=1S/C14H31ClOSi/c1-17(2,3)16-14-12-10-8-6-4-5-7-9-11-13-15/h4-14H2,1-3H3. The Morgan fingerprint density at radius 3 is 1.53 bits per heavy atom. The van der Waals surface area contributed by atoms with Gasteiger partial charge in [-0.05, 0) is 32.5 Å². The van der Waals surface area contributed by atoms with Crippen molar-refractivity contribution >= 4 is 19.9 Å². The summed E-state index contributed by atoms with van der Waals surface area (Å²) in [5.41, 5.74) is 0. The highest BCUT2D eigenvalue weighted by molar-refractivity contribution is 6.69. The Balaban J connectivity index is 2.99. The van der Waals surface area contributed by atoms with E-state index in [9.17, 15) is 0 Å². The van der Waals surface area contributed by atoms with Gasteiger partial charge in [-0.15, -0.1) is 11.6 Å². The van der Waals surface area contributed by atoms with E-state index in [4.69, 9.17) is 16.0 Å². The fourth-order valence-electron chi connectivity index (χ4n) is 1.81. The molecule has 0 saturated carbocycles. The van der Waals surface area contributed by atoms with Crippen molar-refractivity contribution in [2.75, 3.05) is 12.5 Å². The maximum atomic E-state index is 5.83. The fourth-order valence-corrected chi connectivity index (χ4v) is 2.76. The van der Waals surface area contributed by atoms with Crippen LogP contribution in [0.25, 0.3) is 0 Å². The van der Waals surface area contributed by atoms with Crippen molar-refractivity contribution in [2.24, 2.45) is 0 Å². The monoisotopic (exact) mass is 278 g/mol. The van der Waals surface area contributed by atoms with E-state index >= 15 is 0 Å². The molecule has 0 aromatic rings. The molecule has 0 aromatic heterocycles. The van der Waals surface area contributed by atoms with Crippen molar-refractivity contribution < 1.29 is 4.43 Å². The summed E-state index contributed by atoms with van der Waals surface area (Å²) in [6, 6.07) is 0. The first-order valence-corrected chi connectivity index (χ1v) is 11.2. The summed E-state index contributed by atoms with van der Waals surface area (Å²) in [4.78, 5) is 0. The summed E-state index contributed by atoms with van der Waals surface area (Å²) < 4.78 is 5.83. The van der Waals surface area contributed by atoms with Gasteiger partial charge in [0.1, 0.15) is 0 Å². The van der Waals surface area contributed by atoms with E-state index in [1.807, 2.05) is 0 Å². The molecule has 0 aliphatic carbocycles. The van der Waals surface area contributed by atoms with E-state index in [1.54, 1.807) is 0 Å². The van der Waals surface area contributed by atoms with Crippen LogP contribution in [0.4, 0.5) is 0 Å². The molecule has 104 valence electrons. The van der Waals surface area contributed by atoms with Crippen LogP contribution in [-0.4, -0.2) is 20.8 Å². The SMILES string of the molecule is C[Si](C)(C)OCCCCCCCCCCCCl. The molecule has 3 heteroatoms. The summed E-state index contributed by atoms with van der Waals surface area (Å²) in [6.07, 6.45) is 12.0. The minimum absolute atomic E-state index is 0.830. The zero-order valence-electron chi connectivity index (χ0n) is 12.1. The van der Waals surface area contributed by atoms with Crippen LogP contribution in [0.2, 0.25) is 19.6 Å². The van der Waals surface area contributed by atoms with Gasteiger partial charge in [0, 0.05) is 12.5 Å². The number of hydrogen-bond acceptors (Lipinski definition) is 1. The van der Waals surface area contributed by atoms with Crippen LogP contribution in [0, 0.1) is 0 Å². The lowest BCUT2D eigenvalue weighted by Gasteiger charge is -2.16. The minimum Gasteiger partial charge on any atom is -0.418 e. The summed E-state index contributed by atoms with van der Waals surface area (Å²) in [6.45, 7) is 7.75. The van der Waals surface area contributed by atoms with Crippen molar-refractivity contribution in [2.45, 2.75) is 77.4 Å². The third kappa shape index (κ3) is 16.5. The van der Waals surface area contributed by atoms with Crippen LogP contribution in [0.15, 0.2) is 0 Å². The molecule has 0 unspecified atom stereocenters. The maximum absolute atomic E-state index is 5.83. The summed E-state index contributed by atoms with van der Waals surface area (Å²) in [5.74, 6) is 0.830. The van der Waals surface area contributed by atoms with Crippen molar-refractivity contribution in [3.05, 3.63) is 0 Å². The van der Waals surface area contributed by atoms with Gasteiger partial charge < -0.3 is 4.43 Å². The van der Waals surface area contributed by atoms with Gasteiger partial charge in [0.2, 0.25) is 0 Å². The van der Waals surface area contributed by atoms with E-state index < -0.39 is 8.32 Å². The van der Waals surface area contributed by atoms with Gasteiger partial charge in [0.05, 0.1) is 0 Å². The summed E-state index contributed by atoms with van der Waals surface area (Å²) in [7, 11) is -1.26. The highest BCUT2D eigenvalue weighted by Crippen LogP contribution is 2.11. The molecule has 0 N–H and O–H groups in total. The molecule has 0 heterocycles. The van der Waals surface area contributed by atoms with Crippen molar-refractivity contribution in [1.82, 2.24) is 0 Å². The molecular weight excluding hydrogens is 248 g/mol. The Labute approximate surface area is 114 Å². The van der Waals surface area contributed by atoms with Crippen molar-refractivity contribution in [3.63, 3.8) is 0 Å². The highest BCUT2D eigenvalue weighted by atomic mass is 35.5. The van der Waals surface area contributed by atoms with Crippen LogP contribution in [0.1, 0.15) is 57.8 Å². The first kappa shape index (κ1) is 17.5. The number of rotatable bonds is 12. The molecule has 0 fully saturated rings. The molecular formula is C14H31ClOSi. The maximum Gasteiger partial charge on any atom is 0.183 e. The number of alkyl halides is 1. The van der Waals surface area contributed by atoms with E-state index in [0.29, 0.717) is 0 Å². The van der Waals surface area contributed by atoms with E-state index in [-0.39, 0.29) is 0 Å². The lowest BCUT2D eigenvalue weighted by Crippen LogP contribution is -2.25. The molecule has 0 bridgehead atoms. The van der Waals surface area contributed by atoms with Crippen LogP contribution in [-0.2, 0) is 4.43 Å². The molecule has 0 atom stereocenters. The predicted octanol–water partition coefficient (Wildman–Crippen LogP) is 5.59. The second-order valence-corrected chi connectivity index (χ2v) is 10.7.